The summed E-state index contributed by atoms with van der Waals surface area (Å²) >= 11 is 0. The molecule has 11 heteroatoms. The Bertz CT molecular complexity index is 1220. The number of hydrogen-bond acceptors (Lipinski definition) is 8. The number of carbonyl (C=O) groups excluding carboxylic acids is 1. The molecule has 0 saturated carbocycles. The van der Waals surface area contributed by atoms with Gasteiger partial charge in [-0.25, -0.2) is 9.07 Å². The summed E-state index contributed by atoms with van der Waals surface area (Å²) < 4.78 is 26.2. The number of aliphatic hydroxyl groups is 3. The van der Waals surface area contributed by atoms with Crippen LogP contribution in [0.15, 0.2) is 48.7 Å². The van der Waals surface area contributed by atoms with E-state index in [1.807, 2.05) is 26.0 Å². The van der Waals surface area contributed by atoms with Crippen molar-refractivity contribution in [3.63, 3.8) is 0 Å². The summed E-state index contributed by atoms with van der Waals surface area (Å²) in [5, 5.41) is 39.7. The number of nitrogens with zero attached hydrogens (tertiary/aromatic N) is 4. The number of aliphatic hydroxyl groups excluding tert-OH is 3. The number of amides is 1. The number of halogens is 1. The maximum atomic E-state index is 13.6. The Balaban J connectivity index is 1.52. The highest BCUT2D eigenvalue weighted by molar-refractivity contribution is 5.77. The van der Waals surface area contributed by atoms with E-state index in [0.717, 1.165) is 16.0 Å². The average Bonchev–Trinajstić information content (AvgIpc) is 3.34. The van der Waals surface area contributed by atoms with E-state index in [-0.39, 0.29) is 6.61 Å². The molecule has 1 saturated heterocycles. The van der Waals surface area contributed by atoms with Gasteiger partial charge in [-0.05, 0) is 49.2 Å². The first-order valence-corrected chi connectivity index (χ1v) is 11.5. The fourth-order valence-corrected chi connectivity index (χ4v) is 4.11. The molecule has 1 aliphatic heterocycles. The predicted octanol–water partition coefficient (Wildman–Crippen LogP) is 1.22. The summed E-state index contributed by atoms with van der Waals surface area (Å²) in [6.45, 7) is 3.04. The van der Waals surface area contributed by atoms with E-state index >= 15 is 0 Å². The largest absolute Gasteiger partial charge is 0.484 e. The van der Waals surface area contributed by atoms with Gasteiger partial charge in [0.15, 0.2) is 12.8 Å². The average molecular weight is 501 g/mol. The number of ether oxygens (including phenoxy) is 2. The molecule has 1 aliphatic rings. The molecule has 36 heavy (non-hydrogen) atoms. The van der Waals surface area contributed by atoms with Gasteiger partial charge in [-0.2, -0.15) is 0 Å². The lowest BCUT2D eigenvalue weighted by Gasteiger charge is -2.45. The van der Waals surface area contributed by atoms with Gasteiger partial charge >= 0.3 is 0 Å². The van der Waals surface area contributed by atoms with E-state index in [4.69, 9.17) is 9.47 Å². The summed E-state index contributed by atoms with van der Waals surface area (Å²) in [6.07, 6.45) is -3.67. The fraction of sp³-hybridized carbons (Fsp3) is 0.400. The predicted molar refractivity (Wildman–Crippen MR) is 126 cm³/mol. The Morgan fingerprint density at radius 2 is 1.94 bits per heavy atom. The second-order valence-corrected chi connectivity index (χ2v) is 8.85. The maximum absolute atomic E-state index is 13.6. The minimum Gasteiger partial charge on any atom is -0.484 e. The van der Waals surface area contributed by atoms with Gasteiger partial charge < -0.3 is 29.7 Å². The number of aryl methyl sites for hydroxylation is 2. The van der Waals surface area contributed by atoms with E-state index < -0.39 is 48.9 Å². The molecule has 192 valence electrons. The van der Waals surface area contributed by atoms with Crippen LogP contribution in [0.25, 0.3) is 11.3 Å². The van der Waals surface area contributed by atoms with Crippen molar-refractivity contribution in [3.8, 4) is 17.0 Å². The van der Waals surface area contributed by atoms with E-state index in [9.17, 15) is 24.5 Å². The zero-order valence-corrected chi connectivity index (χ0v) is 20.2. The van der Waals surface area contributed by atoms with Crippen LogP contribution < -0.4 is 4.74 Å². The molecular weight excluding hydrogens is 471 g/mol. The van der Waals surface area contributed by atoms with Crippen LogP contribution in [0.3, 0.4) is 0 Å². The molecule has 3 N–H and O–H groups in total. The molecule has 5 atom stereocenters. The Morgan fingerprint density at radius 1 is 1.17 bits per heavy atom. The number of likely N-dealkylation sites (N-methyl/N-ethyl adjacent to an activating group) is 1. The van der Waals surface area contributed by atoms with Crippen LogP contribution in [0.2, 0.25) is 0 Å². The van der Waals surface area contributed by atoms with Crippen LogP contribution in [-0.4, -0.2) is 85.9 Å². The molecule has 4 unspecified atom stereocenters. The number of aromatic nitrogens is 3. The Labute approximate surface area is 207 Å². The van der Waals surface area contributed by atoms with Crippen LogP contribution in [0.4, 0.5) is 4.39 Å². The van der Waals surface area contributed by atoms with Crippen LogP contribution in [-0.2, 0) is 9.53 Å². The molecule has 3 aromatic rings. The standard InChI is InChI=1S/C25H29FN4O6/c1-14-7-8-18(9-15(14)2)35-13-21(32)29(3)25-24(34)22(23(33)20(12-31)36-25)30-11-19(27-28-30)16-5-4-6-17(26)10-16/h4-11,20,22-25,31,33-34H,12-13H2,1-3H3/t20?,22?,23-,24?,25?/m0/s1. The smallest absolute Gasteiger partial charge is 0.262 e. The zero-order valence-electron chi connectivity index (χ0n) is 20.2. The Hall–Kier alpha value is -3.38. The van der Waals surface area contributed by atoms with Crippen molar-refractivity contribution in [1.82, 2.24) is 19.9 Å². The van der Waals surface area contributed by atoms with Crippen molar-refractivity contribution in [2.75, 3.05) is 20.3 Å². The van der Waals surface area contributed by atoms with E-state index in [2.05, 4.69) is 10.3 Å². The molecule has 0 radical (unpaired) electrons. The first-order chi connectivity index (χ1) is 17.2. The van der Waals surface area contributed by atoms with Crippen molar-refractivity contribution in [1.29, 1.82) is 0 Å². The van der Waals surface area contributed by atoms with Crippen molar-refractivity contribution in [2.24, 2.45) is 0 Å². The lowest BCUT2D eigenvalue weighted by molar-refractivity contribution is -0.242. The number of benzene rings is 2. The number of carbonyl (C=O) groups is 1. The molecule has 0 aliphatic carbocycles. The number of hydrogen-bond donors (Lipinski definition) is 3. The van der Waals surface area contributed by atoms with Crippen LogP contribution in [0.5, 0.6) is 5.75 Å². The highest BCUT2D eigenvalue weighted by Gasteiger charge is 2.48. The molecule has 0 bridgehead atoms. The number of rotatable bonds is 7. The molecule has 1 aromatic heterocycles. The maximum Gasteiger partial charge on any atom is 0.262 e. The van der Waals surface area contributed by atoms with Crippen LogP contribution in [0, 0.1) is 19.7 Å². The van der Waals surface area contributed by atoms with Crippen LogP contribution >= 0.6 is 0 Å². The van der Waals surface area contributed by atoms with Gasteiger partial charge in [-0.1, -0.05) is 23.4 Å². The van der Waals surface area contributed by atoms with E-state index in [1.165, 1.54) is 36.1 Å². The molecule has 10 nitrogen and oxygen atoms in total. The lowest BCUT2D eigenvalue weighted by Crippen LogP contribution is -2.61. The zero-order chi connectivity index (χ0) is 26.0. The first kappa shape index (κ1) is 25.7. The summed E-state index contributed by atoms with van der Waals surface area (Å²) in [6, 6.07) is 10.1. The summed E-state index contributed by atoms with van der Waals surface area (Å²) in [5.74, 6) is -0.404. The fourth-order valence-electron chi connectivity index (χ4n) is 4.11. The third-order valence-corrected chi connectivity index (χ3v) is 6.42. The third kappa shape index (κ3) is 5.24. The van der Waals surface area contributed by atoms with Gasteiger partial charge in [0.2, 0.25) is 0 Å². The van der Waals surface area contributed by atoms with Gasteiger partial charge in [-0.15, -0.1) is 5.10 Å². The molecule has 0 spiro atoms. The molecule has 1 amide bonds. The van der Waals surface area contributed by atoms with Crippen LogP contribution in [0.1, 0.15) is 17.2 Å². The van der Waals surface area contributed by atoms with Crippen molar-refractivity contribution in [3.05, 3.63) is 65.6 Å². The summed E-state index contributed by atoms with van der Waals surface area (Å²) in [7, 11) is 1.43. The van der Waals surface area contributed by atoms with E-state index in [1.54, 1.807) is 12.1 Å². The molecule has 2 aromatic carbocycles. The molecular formula is C25H29FN4O6. The van der Waals surface area contributed by atoms with E-state index in [0.29, 0.717) is 17.0 Å². The highest BCUT2D eigenvalue weighted by Crippen LogP contribution is 2.32. The first-order valence-electron chi connectivity index (χ1n) is 11.5. The van der Waals surface area contributed by atoms with Gasteiger partial charge in [0.1, 0.15) is 41.6 Å². The second kappa shape index (κ2) is 10.7. The Kier molecular flexibility index (Phi) is 7.65. The second-order valence-electron chi connectivity index (χ2n) is 8.85. The summed E-state index contributed by atoms with van der Waals surface area (Å²) in [4.78, 5) is 14.0. The molecule has 2 heterocycles. The Morgan fingerprint density at radius 3 is 2.64 bits per heavy atom. The highest BCUT2D eigenvalue weighted by atomic mass is 19.1. The van der Waals surface area contributed by atoms with Crippen molar-refractivity contribution < 1.29 is 34.0 Å². The molecule has 1 fully saturated rings. The SMILES string of the molecule is Cc1ccc(OCC(=O)N(C)C2OC(CO)[C@H](O)C(n3cc(-c4cccc(F)c4)nn3)C2O)cc1C. The van der Waals surface area contributed by atoms with Gasteiger partial charge in [0, 0.05) is 12.6 Å². The normalized spacial score (nSPS) is 23.9. The minimum atomic E-state index is -1.43. The lowest BCUT2D eigenvalue weighted by atomic mass is 9.95. The van der Waals surface area contributed by atoms with Gasteiger partial charge in [0.05, 0.1) is 12.8 Å². The van der Waals surface area contributed by atoms with Gasteiger partial charge in [0.25, 0.3) is 5.91 Å². The van der Waals surface area contributed by atoms with Gasteiger partial charge in [-0.3, -0.25) is 4.79 Å². The summed E-state index contributed by atoms with van der Waals surface area (Å²) in [5.41, 5.74) is 2.90. The van der Waals surface area contributed by atoms with Crippen molar-refractivity contribution >= 4 is 5.91 Å². The molecule has 4 rings (SSSR count). The third-order valence-electron chi connectivity index (χ3n) is 6.42. The minimum absolute atomic E-state index is 0.310. The monoisotopic (exact) mass is 500 g/mol. The topological polar surface area (TPSA) is 130 Å². The van der Waals surface area contributed by atoms with Crippen molar-refractivity contribution in [2.45, 2.75) is 44.4 Å². The quantitative estimate of drug-likeness (QED) is 0.442.